The molecule has 22 heavy (non-hydrogen) atoms. The smallest absolute Gasteiger partial charge is 0.321 e. The van der Waals surface area contributed by atoms with Gasteiger partial charge in [0.15, 0.2) is 0 Å². The van der Waals surface area contributed by atoms with Crippen LogP contribution in [0.5, 0.6) is 5.75 Å². The molecular formula is C15H18N2O3S2. The Hall–Kier alpha value is -1.18. The lowest BCUT2D eigenvalue weighted by molar-refractivity contribution is -0.141. The predicted molar refractivity (Wildman–Crippen MR) is 91.1 cm³/mol. The highest BCUT2D eigenvalue weighted by Gasteiger charge is 2.41. The number of carboxylic acid groups (broad SMARTS) is 1. The molecule has 3 unspecified atom stereocenters. The fourth-order valence-electron chi connectivity index (χ4n) is 2.74. The van der Waals surface area contributed by atoms with E-state index in [1.54, 1.807) is 23.5 Å². The lowest BCUT2D eigenvalue weighted by Crippen LogP contribution is -2.42. The highest BCUT2D eigenvalue weighted by atomic mass is 32.2. The Labute approximate surface area is 137 Å². The van der Waals surface area contributed by atoms with Gasteiger partial charge in [-0.15, -0.1) is 23.5 Å². The van der Waals surface area contributed by atoms with Gasteiger partial charge in [0.1, 0.15) is 16.8 Å². The summed E-state index contributed by atoms with van der Waals surface area (Å²) in [5.41, 5.74) is 1.61. The van der Waals surface area contributed by atoms with Crippen molar-refractivity contribution < 1.29 is 15.0 Å². The third kappa shape index (κ3) is 2.73. The largest absolute Gasteiger partial charge is 0.507 e. The Morgan fingerprint density at radius 2 is 2.18 bits per heavy atom. The average molecular weight is 338 g/mol. The van der Waals surface area contributed by atoms with Crippen LogP contribution in [0, 0.1) is 6.92 Å². The molecule has 7 heteroatoms. The van der Waals surface area contributed by atoms with E-state index >= 15 is 0 Å². The SMILES string of the molecule is Cc1cccc(C2=NC(C3SCC(C(=O)O)N3C)CS2)c1O. The number of aryl methyl sites for hydroxylation is 1. The lowest BCUT2D eigenvalue weighted by atomic mass is 10.1. The average Bonchev–Trinajstić information content (AvgIpc) is 3.08. The van der Waals surface area contributed by atoms with Crippen molar-refractivity contribution in [1.29, 1.82) is 0 Å². The van der Waals surface area contributed by atoms with Gasteiger partial charge in [0.2, 0.25) is 0 Å². The van der Waals surface area contributed by atoms with Gasteiger partial charge in [-0.3, -0.25) is 14.7 Å². The second-order valence-corrected chi connectivity index (χ2v) is 7.69. The van der Waals surface area contributed by atoms with Crippen molar-refractivity contribution in [2.45, 2.75) is 24.4 Å². The number of para-hydroxylation sites is 1. The summed E-state index contributed by atoms with van der Waals surface area (Å²) in [7, 11) is 1.85. The van der Waals surface area contributed by atoms with Gasteiger partial charge >= 0.3 is 5.97 Å². The molecule has 0 bridgehead atoms. The minimum absolute atomic E-state index is 0.0549. The van der Waals surface area contributed by atoms with Crippen molar-refractivity contribution in [2.75, 3.05) is 18.6 Å². The molecule has 0 saturated carbocycles. The van der Waals surface area contributed by atoms with Crippen molar-refractivity contribution in [3.05, 3.63) is 29.3 Å². The van der Waals surface area contributed by atoms with Crippen LogP contribution < -0.4 is 0 Å². The Morgan fingerprint density at radius 3 is 2.86 bits per heavy atom. The molecular weight excluding hydrogens is 320 g/mol. The molecule has 0 radical (unpaired) electrons. The Kier molecular flexibility index (Phi) is 4.38. The van der Waals surface area contributed by atoms with Crippen LogP contribution in [0.1, 0.15) is 11.1 Å². The van der Waals surface area contributed by atoms with E-state index in [-0.39, 0.29) is 17.2 Å². The molecule has 0 amide bonds. The number of benzene rings is 1. The van der Waals surface area contributed by atoms with Gasteiger partial charge in [0.05, 0.1) is 11.4 Å². The molecule has 1 fully saturated rings. The van der Waals surface area contributed by atoms with Gasteiger partial charge in [0, 0.05) is 17.1 Å². The first-order valence-corrected chi connectivity index (χ1v) is 9.08. The van der Waals surface area contributed by atoms with E-state index in [0.29, 0.717) is 5.75 Å². The van der Waals surface area contributed by atoms with Gasteiger partial charge in [-0.25, -0.2) is 0 Å². The summed E-state index contributed by atoms with van der Waals surface area (Å²) >= 11 is 3.28. The number of rotatable bonds is 3. The fourth-order valence-corrected chi connectivity index (χ4v) is 5.50. The van der Waals surface area contributed by atoms with Crippen molar-refractivity contribution in [1.82, 2.24) is 4.90 Å². The van der Waals surface area contributed by atoms with Crippen molar-refractivity contribution in [3.63, 3.8) is 0 Å². The summed E-state index contributed by atoms with van der Waals surface area (Å²) in [6.07, 6.45) is 0. The maximum absolute atomic E-state index is 11.2. The number of nitrogens with zero attached hydrogens (tertiary/aromatic N) is 2. The molecule has 1 saturated heterocycles. The normalized spacial score (nSPS) is 28.8. The summed E-state index contributed by atoms with van der Waals surface area (Å²) in [5.74, 6) is 0.920. The van der Waals surface area contributed by atoms with E-state index < -0.39 is 12.0 Å². The van der Waals surface area contributed by atoms with E-state index in [1.165, 1.54) is 0 Å². The minimum atomic E-state index is -0.774. The van der Waals surface area contributed by atoms with Crippen LogP contribution in [0.4, 0.5) is 0 Å². The van der Waals surface area contributed by atoms with Crippen LogP contribution in [0.3, 0.4) is 0 Å². The molecule has 3 rings (SSSR count). The fraction of sp³-hybridized carbons (Fsp3) is 0.467. The van der Waals surface area contributed by atoms with Crippen LogP contribution >= 0.6 is 23.5 Å². The molecule has 2 aliphatic heterocycles. The Morgan fingerprint density at radius 1 is 1.41 bits per heavy atom. The van der Waals surface area contributed by atoms with Crippen molar-refractivity contribution in [3.8, 4) is 5.75 Å². The summed E-state index contributed by atoms with van der Waals surface area (Å²) in [4.78, 5) is 17.9. The third-order valence-corrected chi connectivity index (χ3v) is 6.68. The maximum atomic E-state index is 11.2. The number of carboxylic acids is 1. The summed E-state index contributed by atoms with van der Waals surface area (Å²) in [6, 6.07) is 5.28. The number of aromatic hydroxyl groups is 1. The Bertz CT molecular complexity index is 635. The van der Waals surface area contributed by atoms with Gasteiger partial charge in [-0.2, -0.15) is 0 Å². The number of thioether (sulfide) groups is 2. The minimum Gasteiger partial charge on any atom is -0.507 e. The van der Waals surface area contributed by atoms with E-state index in [4.69, 9.17) is 4.99 Å². The number of likely N-dealkylation sites (N-methyl/N-ethyl adjacent to an activating group) is 1. The van der Waals surface area contributed by atoms with Crippen molar-refractivity contribution in [2.24, 2.45) is 4.99 Å². The first kappa shape index (κ1) is 15.7. The highest BCUT2D eigenvalue weighted by Crippen LogP contribution is 2.38. The standard InChI is InChI=1S/C15H18N2O3S2/c1-8-4-3-5-9(12(8)18)13-16-10(6-21-13)14-17(2)11(7-22-14)15(19)20/h3-5,10-11,14,18H,6-7H2,1-2H3,(H,19,20). The lowest BCUT2D eigenvalue weighted by Gasteiger charge is -2.24. The number of phenolic OH excluding ortho intramolecular Hbond substituents is 1. The molecule has 2 heterocycles. The number of hydrogen-bond acceptors (Lipinski definition) is 6. The van der Waals surface area contributed by atoms with E-state index in [1.807, 2.05) is 37.1 Å². The molecule has 0 aliphatic carbocycles. The van der Waals surface area contributed by atoms with Crippen LogP contribution in [-0.4, -0.2) is 62.1 Å². The third-order valence-electron chi connectivity index (χ3n) is 4.07. The quantitative estimate of drug-likeness (QED) is 0.878. The van der Waals surface area contributed by atoms with Gasteiger partial charge in [0.25, 0.3) is 0 Å². The first-order valence-electron chi connectivity index (χ1n) is 7.05. The van der Waals surface area contributed by atoms with Gasteiger partial charge in [-0.05, 0) is 25.6 Å². The second kappa shape index (κ2) is 6.14. The number of aliphatic imine (C=N–C) groups is 1. The van der Waals surface area contributed by atoms with E-state index in [2.05, 4.69) is 0 Å². The van der Waals surface area contributed by atoms with E-state index in [0.717, 1.165) is 21.9 Å². The number of phenols is 1. The zero-order chi connectivity index (χ0) is 15.9. The number of carbonyl (C=O) groups is 1. The zero-order valence-corrected chi connectivity index (χ0v) is 14.0. The monoisotopic (exact) mass is 338 g/mol. The molecule has 0 spiro atoms. The molecule has 5 nitrogen and oxygen atoms in total. The molecule has 2 aliphatic rings. The topological polar surface area (TPSA) is 73.1 Å². The molecule has 1 aromatic carbocycles. The van der Waals surface area contributed by atoms with Crippen LogP contribution in [0.25, 0.3) is 0 Å². The summed E-state index contributed by atoms with van der Waals surface area (Å²) in [5, 5.41) is 20.3. The number of hydrogen-bond donors (Lipinski definition) is 2. The summed E-state index contributed by atoms with van der Waals surface area (Å²) in [6.45, 7) is 1.87. The van der Waals surface area contributed by atoms with Crippen LogP contribution in [0.2, 0.25) is 0 Å². The van der Waals surface area contributed by atoms with Crippen molar-refractivity contribution >= 4 is 34.5 Å². The summed E-state index contributed by atoms with van der Waals surface area (Å²) < 4.78 is 0. The molecule has 0 aromatic heterocycles. The molecule has 1 aromatic rings. The maximum Gasteiger partial charge on any atom is 0.321 e. The highest BCUT2D eigenvalue weighted by molar-refractivity contribution is 8.14. The molecule has 2 N–H and O–H groups in total. The van der Waals surface area contributed by atoms with Crippen LogP contribution in [-0.2, 0) is 4.79 Å². The molecule has 118 valence electrons. The second-order valence-electron chi connectivity index (χ2n) is 5.53. The molecule has 3 atom stereocenters. The van der Waals surface area contributed by atoms with E-state index in [9.17, 15) is 15.0 Å². The van der Waals surface area contributed by atoms with Gasteiger partial charge < -0.3 is 10.2 Å². The van der Waals surface area contributed by atoms with Gasteiger partial charge in [-0.1, -0.05) is 12.1 Å². The zero-order valence-electron chi connectivity index (χ0n) is 12.4. The first-order chi connectivity index (χ1) is 10.5. The Balaban J connectivity index is 1.80. The predicted octanol–water partition coefficient (Wildman–Crippen LogP) is 2.02. The van der Waals surface area contributed by atoms with Crippen LogP contribution in [0.15, 0.2) is 23.2 Å². The number of aliphatic carboxylic acids is 1.